The van der Waals surface area contributed by atoms with Gasteiger partial charge in [0.1, 0.15) is 0 Å². The molecule has 0 aromatic heterocycles. The van der Waals surface area contributed by atoms with Gasteiger partial charge in [0, 0.05) is 0 Å². The van der Waals surface area contributed by atoms with Crippen molar-refractivity contribution in [3.8, 4) is 0 Å². The molecule has 1 N–H and O–H groups in total. The van der Waals surface area contributed by atoms with Gasteiger partial charge in [-0.3, -0.25) is 4.79 Å². The summed E-state index contributed by atoms with van der Waals surface area (Å²) in [7, 11) is 0. The molecule has 0 aliphatic rings. The maximum atomic E-state index is 11.4. The van der Waals surface area contributed by atoms with E-state index in [1.54, 1.807) is 0 Å². The summed E-state index contributed by atoms with van der Waals surface area (Å²) >= 11 is 0. The van der Waals surface area contributed by atoms with Crippen molar-refractivity contribution in [3.05, 3.63) is 0 Å². The fourth-order valence-electron chi connectivity index (χ4n) is 2.38. The Labute approximate surface area is 100 Å². The minimum Gasteiger partial charge on any atom is -0.481 e. The number of carboxylic acids is 1. The topological polar surface area (TPSA) is 37.3 Å². The molecule has 0 aromatic carbocycles. The van der Waals surface area contributed by atoms with Crippen LogP contribution in [0.15, 0.2) is 0 Å². The van der Waals surface area contributed by atoms with Crippen molar-refractivity contribution >= 4 is 5.97 Å². The summed E-state index contributed by atoms with van der Waals surface area (Å²) in [5.74, 6) is -0.640. The van der Waals surface area contributed by atoms with Crippen LogP contribution in [0.1, 0.15) is 73.1 Å². The second kappa shape index (κ2) is 6.27. The van der Waals surface area contributed by atoms with E-state index in [4.69, 9.17) is 0 Å². The number of hydrogen-bond acceptors (Lipinski definition) is 1. The highest BCUT2D eigenvalue weighted by Gasteiger charge is 2.36. The lowest BCUT2D eigenvalue weighted by Gasteiger charge is -2.32. The third-order valence-electron chi connectivity index (χ3n) is 3.02. The van der Waals surface area contributed by atoms with Crippen LogP contribution in [0.3, 0.4) is 0 Å². The number of carboxylic acid groups (broad SMARTS) is 1. The van der Waals surface area contributed by atoms with E-state index in [0.29, 0.717) is 0 Å². The average molecular weight is 228 g/mol. The van der Waals surface area contributed by atoms with Gasteiger partial charge in [-0.1, -0.05) is 53.4 Å². The Balaban J connectivity index is 4.29. The molecule has 0 rings (SSSR count). The molecular formula is C14H28O2. The molecule has 0 aromatic rings. The van der Waals surface area contributed by atoms with Gasteiger partial charge in [-0.05, 0) is 25.2 Å². The molecule has 0 saturated carbocycles. The van der Waals surface area contributed by atoms with E-state index in [0.717, 1.165) is 25.7 Å². The zero-order valence-corrected chi connectivity index (χ0v) is 11.6. The van der Waals surface area contributed by atoms with Gasteiger partial charge in [-0.25, -0.2) is 0 Å². The molecule has 0 aliphatic carbocycles. The van der Waals surface area contributed by atoms with Gasteiger partial charge < -0.3 is 5.11 Å². The normalized spacial score (nSPS) is 15.8. The molecule has 2 heteroatoms. The second-order valence-electron chi connectivity index (χ2n) is 6.41. The minimum absolute atomic E-state index is 0.0812. The average Bonchev–Trinajstić information content (AvgIpc) is 2.09. The van der Waals surface area contributed by atoms with Crippen LogP contribution in [-0.4, -0.2) is 11.1 Å². The van der Waals surface area contributed by atoms with Crippen molar-refractivity contribution < 1.29 is 9.90 Å². The number of unbranched alkanes of at least 4 members (excludes halogenated alkanes) is 3. The van der Waals surface area contributed by atoms with Crippen molar-refractivity contribution in [1.82, 2.24) is 0 Å². The number of hydrogen-bond donors (Lipinski definition) is 1. The molecule has 96 valence electrons. The monoisotopic (exact) mass is 228 g/mol. The Morgan fingerprint density at radius 3 is 2.00 bits per heavy atom. The first-order valence-corrected chi connectivity index (χ1v) is 6.45. The SMILES string of the molecule is CCCCCCC(C)(CC(C)(C)C)C(=O)O. The van der Waals surface area contributed by atoms with E-state index in [2.05, 4.69) is 27.7 Å². The molecule has 0 radical (unpaired) electrons. The van der Waals surface area contributed by atoms with Gasteiger partial charge in [0.05, 0.1) is 5.41 Å². The fourth-order valence-corrected chi connectivity index (χ4v) is 2.38. The third-order valence-corrected chi connectivity index (χ3v) is 3.02. The van der Waals surface area contributed by atoms with E-state index < -0.39 is 11.4 Å². The molecule has 16 heavy (non-hydrogen) atoms. The molecule has 0 fully saturated rings. The molecule has 1 atom stereocenters. The Morgan fingerprint density at radius 1 is 1.06 bits per heavy atom. The Morgan fingerprint density at radius 2 is 1.62 bits per heavy atom. The first kappa shape index (κ1) is 15.5. The third kappa shape index (κ3) is 6.14. The van der Waals surface area contributed by atoms with Crippen LogP contribution < -0.4 is 0 Å². The molecule has 0 spiro atoms. The zero-order chi connectivity index (χ0) is 12.8. The highest BCUT2D eigenvalue weighted by Crippen LogP contribution is 2.37. The quantitative estimate of drug-likeness (QED) is 0.652. The smallest absolute Gasteiger partial charge is 0.309 e. The van der Waals surface area contributed by atoms with E-state index in [9.17, 15) is 9.90 Å². The van der Waals surface area contributed by atoms with E-state index in [1.807, 2.05) is 6.92 Å². The van der Waals surface area contributed by atoms with Crippen molar-refractivity contribution in [1.29, 1.82) is 0 Å². The van der Waals surface area contributed by atoms with Gasteiger partial charge in [-0.2, -0.15) is 0 Å². The molecule has 0 aliphatic heterocycles. The summed E-state index contributed by atoms with van der Waals surface area (Å²) in [5, 5.41) is 9.35. The predicted molar refractivity (Wildman–Crippen MR) is 68.6 cm³/mol. The maximum Gasteiger partial charge on any atom is 0.309 e. The van der Waals surface area contributed by atoms with Gasteiger partial charge in [-0.15, -0.1) is 0 Å². The van der Waals surface area contributed by atoms with Gasteiger partial charge >= 0.3 is 5.97 Å². The lowest BCUT2D eigenvalue weighted by atomic mass is 9.72. The summed E-state index contributed by atoms with van der Waals surface area (Å²) in [6.45, 7) is 10.4. The second-order valence-corrected chi connectivity index (χ2v) is 6.41. The number of carbonyl (C=O) groups is 1. The van der Waals surface area contributed by atoms with Crippen LogP contribution in [0.2, 0.25) is 0 Å². The summed E-state index contributed by atoms with van der Waals surface area (Å²) in [6, 6.07) is 0. The van der Waals surface area contributed by atoms with Crippen molar-refractivity contribution in [2.45, 2.75) is 73.1 Å². The molecular weight excluding hydrogens is 200 g/mol. The largest absolute Gasteiger partial charge is 0.481 e. The maximum absolute atomic E-state index is 11.4. The van der Waals surface area contributed by atoms with Crippen LogP contribution >= 0.6 is 0 Å². The fraction of sp³-hybridized carbons (Fsp3) is 0.929. The van der Waals surface area contributed by atoms with Crippen LogP contribution in [0.25, 0.3) is 0 Å². The standard InChI is InChI=1S/C14H28O2/c1-6-7-8-9-10-14(5,12(15)16)11-13(2,3)4/h6-11H2,1-5H3,(H,15,16). The van der Waals surface area contributed by atoms with Crippen molar-refractivity contribution in [3.63, 3.8) is 0 Å². The molecule has 0 heterocycles. The summed E-state index contributed by atoms with van der Waals surface area (Å²) in [5.41, 5.74) is -0.468. The molecule has 0 amide bonds. The van der Waals surface area contributed by atoms with Gasteiger partial charge in [0.25, 0.3) is 0 Å². The Hall–Kier alpha value is -0.530. The lowest BCUT2D eigenvalue weighted by Crippen LogP contribution is -2.32. The Bertz CT molecular complexity index is 215. The van der Waals surface area contributed by atoms with Gasteiger partial charge in [0.15, 0.2) is 0 Å². The first-order valence-electron chi connectivity index (χ1n) is 6.45. The summed E-state index contributed by atoms with van der Waals surface area (Å²) in [4.78, 5) is 11.4. The van der Waals surface area contributed by atoms with E-state index in [-0.39, 0.29) is 5.41 Å². The molecule has 1 unspecified atom stereocenters. The number of rotatable bonds is 7. The molecule has 0 bridgehead atoms. The van der Waals surface area contributed by atoms with Crippen molar-refractivity contribution in [2.75, 3.05) is 0 Å². The highest BCUT2D eigenvalue weighted by atomic mass is 16.4. The van der Waals surface area contributed by atoms with Crippen LogP contribution in [0.5, 0.6) is 0 Å². The predicted octanol–water partition coefficient (Wildman–Crippen LogP) is 4.48. The van der Waals surface area contributed by atoms with E-state index in [1.165, 1.54) is 12.8 Å². The van der Waals surface area contributed by atoms with Gasteiger partial charge in [0.2, 0.25) is 0 Å². The lowest BCUT2D eigenvalue weighted by molar-refractivity contribution is -0.150. The van der Waals surface area contributed by atoms with Crippen LogP contribution in [0.4, 0.5) is 0 Å². The van der Waals surface area contributed by atoms with Crippen LogP contribution in [-0.2, 0) is 4.79 Å². The summed E-state index contributed by atoms with van der Waals surface area (Å²) in [6.07, 6.45) is 6.16. The van der Waals surface area contributed by atoms with Crippen LogP contribution in [0, 0.1) is 10.8 Å². The zero-order valence-electron chi connectivity index (χ0n) is 11.6. The minimum atomic E-state index is -0.640. The number of aliphatic carboxylic acids is 1. The Kier molecular flexibility index (Phi) is 6.06. The highest BCUT2D eigenvalue weighted by molar-refractivity contribution is 5.74. The first-order chi connectivity index (χ1) is 7.21. The van der Waals surface area contributed by atoms with E-state index >= 15 is 0 Å². The molecule has 0 saturated heterocycles. The molecule has 2 nitrogen and oxygen atoms in total. The summed E-state index contributed by atoms with van der Waals surface area (Å²) < 4.78 is 0. The van der Waals surface area contributed by atoms with Crippen molar-refractivity contribution in [2.24, 2.45) is 10.8 Å².